The SMILES string of the molecule is Cc1ccc(C)c(OC(C)C(=O)NCC(C)c2ccccc2)c1. The molecule has 2 rings (SSSR count). The monoisotopic (exact) mass is 311 g/mol. The van der Waals surface area contributed by atoms with E-state index in [0.717, 1.165) is 16.9 Å². The van der Waals surface area contributed by atoms with Crippen molar-refractivity contribution in [3.05, 3.63) is 65.2 Å². The maximum Gasteiger partial charge on any atom is 0.260 e. The molecule has 2 unspecified atom stereocenters. The molecule has 3 nitrogen and oxygen atoms in total. The fraction of sp³-hybridized carbons (Fsp3) is 0.350. The minimum absolute atomic E-state index is 0.0892. The first-order valence-corrected chi connectivity index (χ1v) is 8.04. The number of ether oxygens (including phenoxy) is 1. The van der Waals surface area contributed by atoms with E-state index in [-0.39, 0.29) is 11.8 Å². The van der Waals surface area contributed by atoms with E-state index in [2.05, 4.69) is 24.4 Å². The summed E-state index contributed by atoms with van der Waals surface area (Å²) in [5.41, 5.74) is 3.37. The summed E-state index contributed by atoms with van der Waals surface area (Å²) in [6.45, 7) is 8.48. The van der Waals surface area contributed by atoms with Crippen molar-refractivity contribution in [1.82, 2.24) is 5.32 Å². The molecule has 0 radical (unpaired) electrons. The smallest absolute Gasteiger partial charge is 0.260 e. The number of rotatable bonds is 6. The number of amides is 1. The minimum Gasteiger partial charge on any atom is -0.481 e. The maximum absolute atomic E-state index is 12.2. The molecule has 0 aromatic heterocycles. The molecule has 0 aliphatic carbocycles. The topological polar surface area (TPSA) is 38.3 Å². The Bertz CT molecular complexity index is 652. The van der Waals surface area contributed by atoms with Crippen LogP contribution in [0.25, 0.3) is 0 Å². The molecule has 0 fully saturated rings. The average Bonchev–Trinajstić information content (AvgIpc) is 2.56. The average molecular weight is 311 g/mol. The molecule has 3 heteroatoms. The zero-order valence-electron chi connectivity index (χ0n) is 14.3. The van der Waals surface area contributed by atoms with E-state index in [1.165, 1.54) is 5.56 Å². The van der Waals surface area contributed by atoms with Crippen LogP contribution in [-0.2, 0) is 4.79 Å². The molecule has 0 saturated carbocycles. The molecule has 1 N–H and O–H groups in total. The summed E-state index contributed by atoms with van der Waals surface area (Å²) in [5.74, 6) is 0.950. The quantitative estimate of drug-likeness (QED) is 0.876. The molecule has 0 bridgehead atoms. The lowest BCUT2D eigenvalue weighted by Gasteiger charge is -2.18. The number of hydrogen-bond acceptors (Lipinski definition) is 2. The van der Waals surface area contributed by atoms with Crippen molar-refractivity contribution in [2.45, 2.75) is 39.7 Å². The van der Waals surface area contributed by atoms with Crippen molar-refractivity contribution < 1.29 is 9.53 Å². The summed E-state index contributed by atoms with van der Waals surface area (Å²) in [5, 5.41) is 2.97. The van der Waals surface area contributed by atoms with Crippen LogP contribution in [0.4, 0.5) is 0 Å². The first-order valence-electron chi connectivity index (χ1n) is 8.04. The van der Waals surface area contributed by atoms with Crippen molar-refractivity contribution in [2.24, 2.45) is 0 Å². The van der Waals surface area contributed by atoms with Crippen LogP contribution >= 0.6 is 0 Å². The number of nitrogens with one attached hydrogen (secondary N) is 1. The molecule has 0 spiro atoms. The van der Waals surface area contributed by atoms with Crippen LogP contribution in [0.3, 0.4) is 0 Å². The van der Waals surface area contributed by atoms with Gasteiger partial charge in [-0.25, -0.2) is 0 Å². The minimum atomic E-state index is -0.515. The molecule has 1 amide bonds. The van der Waals surface area contributed by atoms with Crippen molar-refractivity contribution in [3.63, 3.8) is 0 Å². The van der Waals surface area contributed by atoms with Crippen LogP contribution in [0.2, 0.25) is 0 Å². The van der Waals surface area contributed by atoms with Gasteiger partial charge >= 0.3 is 0 Å². The molecule has 0 aliphatic rings. The number of carbonyl (C=O) groups is 1. The van der Waals surface area contributed by atoms with Gasteiger partial charge < -0.3 is 10.1 Å². The first kappa shape index (κ1) is 17.1. The van der Waals surface area contributed by atoms with Crippen molar-refractivity contribution >= 4 is 5.91 Å². The largest absolute Gasteiger partial charge is 0.481 e. The molecule has 0 saturated heterocycles. The lowest BCUT2D eigenvalue weighted by Crippen LogP contribution is -2.38. The molecule has 122 valence electrons. The Kier molecular flexibility index (Phi) is 5.80. The summed E-state index contributed by atoms with van der Waals surface area (Å²) >= 11 is 0. The summed E-state index contributed by atoms with van der Waals surface area (Å²) in [7, 11) is 0. The standard InChI is InChI=1S/C20H25NO2/c1-14-10-11-15(2)19(12-14)23-17(4)20(22)21-13-16(3)18-8-6-5-7-9-18/h5-12,16-17H,13H2,1-4H3,(H,21,22). The van der Waals surface area contributed by atoms with E-state index in [1.54, 1.807) is 6.92 Å². The summed E-state index contributed by atoms with van der Waals surface area (Å²) in [6.07, 6.45) is -0.515. The van der Waals surface area contributed by atoms with Gasteiger partial charge in [0.2, 0.25) is 0 Å². The van der Waals surface area contributed by atoms with Crippen LogP contribution in [0.15, 0.2) is 48.5 Å². The highest BCUT2D eigenvalue weighted by atomic mass is 16.5. The van der Waals surface area contributed by atoms with Crippen LogP contribution in [0, 0.1) is 13.8 Å². The van der Waals surface area contributed by atoms with Gasteiger partial charge in [0, 0.05) is 6.54 Å². The van der Waals surface area contributed by atoms with Gasteiger partial charge in [0.05, 0.1) is 0 Å². The summed E-state index contributed by atoms with van der Waals surface area (Å²) in [6, 6.07) is 16.2. The van der Waals surface area contributed by atoms with Crippen molar-refractivity contribution in [1.29, 1.82) is 0 Å². The Morgan fingerprint density at radius 3 is 2.48 bits per heavy atom. The normalized spacial score (nSPS) is 13.2. The van der Waals surface area contributed by atoms with E-state index in [0.29, 0.717) is 6.54 Å². The lowest BCUT2D eigenvalue weighted by molar-refractivity contribution is -0.127. The third-order valence-corrected chi connectivity index (χ3v) is 3.97. The van der Waals surface area contributed by atoms with Gasteiger partial charge in [-0.1, -0.05) is 49.4 Å². The summed E-state index contributed by atoms with van der Waals surface area (Å²) < 4.78 is 5.81. The predicted octanol–water partition coefficient (Wildman–Crippen LogP) is 3.99. The Morgan fingerprint density at radius 2 is 1.78 bits per heavy atom. The molecule has 23 heavy (non-hydrogen) atoms. The van der Waals surface area contributed by atoms with E-state index >= 15 is 0 Å². The molecule has 0 heterocycles. The van der Waals surface area contributed by atoms with E-state index in [9.17, 15) is 4.79 Å². The zero-order valence-corrected chi connectivity index (χ0v) is 14.3. The second-order valence-electron chi connectivity index (χ2n) is 6.09. The van der Waals surface area contributed by atoms with Gasteiger partial charge in [-0.3, -0.25) is 4.79 Å². The fourth-order valence-electron chi connectivity index (χ4n) is 2.38. The third kappa shape index (κ3) is 4.85. The van der Waals surface area contributed by atoms with Gasteiger partial charge in [0.15, 0.2) is 6.10 Å². The van der Waals surface area contributed by atoms with Crippen LogP contribution in [0.5, 0.6) is 5.75 Å². The number of aryl methyl sites for hydroxylation is 2. The van der Waals surface area contributed by atoms with E-state index < -0.39 is 6.10 Å². The highest BCUT2D eigenvalue weighted by Gasteiger charge is 2.16. The molecular formula is C20H25NO2. The van der Waals surface area contributed by atoms with Crippen LogP contribution in [0.1, 0.15) is 36.5 Å². The number of hydrogen-bond donors (Lipinski definition) is 1. The van der Waals surface area contributed by atoms with Crippen LogP contribution < -0.4 is 10.1 Å². The van der Waals surface area contributed by atoms with E-state index in [1.807, 2.05) is 50.2 Å². The summed E-state index contributed by atoms with van der Waals surface area (Å²) in [4.78, 5) is 12.2. The fourth-order valence-corrected chi connectivity index (χ4v) is 2.38. The maximum atomic E-state index is 12.2. The van der Waals surface area contributed by atoms with Gasteiger partial charge in [-0.15, -0.1) is 0 Å². The number of benzene rings is 2. The second kappa shape index (κ2) is 7.82. The van der Waals surface area contributed by atoms with Gasteiger partial charge in [-0.2, -0.15) is 0 Å². The Balaban J connectivity index is 1.89. The third-order valence-electron chi connectivity index (χ3n) is 3.97. The van der Waals surface area contributed by atoms with Crippen LogP contribution in [-0.4, -0.2) is 18.6 Å². The first-order chi connectivity index (χ1) is 11.0. The molecule has 2 atom stereocenters. The number of carbonyl (C=O) groups excluding carboxylic acids is 1. The predicted molar refractivity (Wildman–Crippen MR) is 93.9 cm³/mol. The molecule has 2 aromatic rings. The molecule has 0 aliphatic heterocycles. The zero-order chi connectivity index (χ0) is 16.8. The molecular weight excluding hydrogens is 286 g/mol. The highest BCUT2D eigenvalue weighted by Crippen LogP contribution is 2.20. The van der Waals surface area contributed by atoms with Gasteiger partial charge in [0.1, 0.15) is 5.75 Å². The van der Waals surface area contributed by atoms with E-state index in [4.69, 9.17) is 4.74 Å². The van der Waals surface area contributed by atoms with Gasteiger partial charge in [-0.05, 0) is 49.4 Å². The van der Waals surface area contributed by atoms with Gasteiger partial charge in [0.25, 0.3) is 5.91 Å². The molecule has 2 aromatic carbocycles. The Hall–Kier alpha value is -2.29. The second-order valence-corrected chi connectivity index (χ2v) is 6.09. The Morgan fingerprint density at radius 1 is 1.09 bits per heavy atom. The van der Waals surface area contributed by atoms with Crippen molar-refractivity contribution in [3.8, 4) is 5.75 Å². The van der Waals surface area contributed by atoms with Crippen molar-refractivity contribution in [2.75, 3.05) is 6.54 Å². The lowest BCUT2D eigenvalue weighted by atomic mass is 10.0. The highest BCUT2D eigenvalue weighted by molar-refractivity contribution is 5.80. The Labute approximate surface area is 138 Å².